The smallest absolute Gasteiger partial charge is 0.191 e. The SMILES string of the molecule is CCNC(=NCc1cccc(N(C)C)n1)NCCCCC(C)C.I. The Balaban J connectivity index is 0.00000529. The number of halogens is 1. The first kappa shape index (κ1) is 22.9. The number of hydrogen-bond donors (Lipinski definition) is 2. The summed E-state index contributed by atoms with van der Waals surface area (Å²) in [6, 6.07) is 6.05. The van der Waals surface area contributed by atoms with Crippen LogP contribution in [0, 0.1) is 5.92 Å². The van der Waals surface area contributed by atoms with Crippen LogP contribution in [0.5, 0.6) is 0 Å². The molecule has 0 spiro atoms. The fourth-order valence-corrected chi connectivity index (χ4v) is 2.19. The highest BCUT2D eigenvalue weighted by Gasteiger charge is 2.01. The maximum absolute atomic E-state index is 4.63. The van der Waals surface area contributed by atoms with Gasteiger partial charge in [-0.3, -0.25) is 0 Å². The molecule has 0 saturated heterocycles. The molecule has 1 heterocycles. The molecular formula is C18H34IN5. The van der Waals surface area contributed by atoms with Gasteiger partial charge in [0, 0.05) is 27.2 Å². The summed E-state index contributed by atoms with van der Waals surface area (Å²) in [7, 11) is 4.00. The molecule has 1 aromatic rings. The monoisotopic (exact) mass is 447 g/mol. The maximum Gasteiger partial charge on any atom is 0.191 e. The highest BCUT2D eigenvalue weighted by atomic mass is 127. The van der Waals surface area contributed by atoms with E-state index in [1.165, 1.54) is 19.3 Å². The fourth-order valence-electron chi connectivity index (χ4n) is 2.19. The van der Waals surface area contributed by atoms with Crippen molar-refractivity contribution < 1.29 is 0 Å². The number of anilines is 1. The van der Waals surface area contributed by atoms with Gasteiger partial charge in [0.2, 0.25) is 0 Å². The molecule has 0 unspecified atom stereocenters. The number of nitrogens with one attached hydrogen (secondary N) is 2. The third-order valence-corrected chi connectivity index (χ3v) is 3.49. The molecule has 6 heteroatoms. The summed E-state index contributed by atoms with van der Waals surface area (Å²) in [5, 5.41) is 6.69. The zero-order valence-electron chi connectivity index (χ0n) is 15.8. The Labute approximate surface area is 164 Å². The molecule has 0 aliphatic rings. The van der Waals surface area contributed by atoms with E-state index in [2.05, 4.69) is 41.4 Å². The van der Waals surface area contributed by atoms with Crippen LogP contribution in [-0.2, 0) is 6.54 Å². The Morgan fingerprint density at radius 1 is 1.21 bits per heavy atom. The molecule has 0 fully saturated rings. The predicted molar refractivity (Wildman–Crippen MR) is 115 cm³/mol. The Morgan fingerprint density at radius 3 is 2.58 bits per heavy atom. The van der Waals surface area contributed by atoms with Gasteiger partial charge in [0.15, 0.2) is 5.96 Å². The Hall–Kier alpha value is -1.05. The third kappa shape index (κ3) is 9.95. The van der Waals surface area contributed by atoms with E-state index < -0.39 is 0 Å². The molecule has 5 nitrogen and oxygen atoms in total. The molecule has 0 aliphatic heterocycles. The zero-order valence-corrected chi connectivity index (χ0v) is 18.1. The second-order valence-electron chi connectivity index (χ2n) is 6.39. The zero-order chi connectivity index (χ0) is 17.1. The minimum atomic E-state index is 0. The van der Waals surface area contributed by atoms with Crippen LogP contribution in [0.1, 0.15) is 45.7 Å². The number of rotatable bonds is 9. The molecule has 1 aromatic heterocycles. The van der Waals surface area contributed by atoms with Crippen molar-refractivity contribution in [3.63, 3.8) is 0 Å². The average Bonchev–Trinajstić information content (AvgIpc) is 2.52. The summed E-state index contributed by atoms with van der Waals surface area (Å²) in [5.74, 6) is 2.62. The van der Waals surface area contributed by atoms with Gasteiger partial charge in [-0.15, -0.1) is 24.0 Å². The quantitative estimate of drug-likeness (QED) is 0.263. The van der Waals surface area contributed by atoms with Crippen LogP contribution in [0.15, 0.2) is 23.2 Å². The molecule has 0 saturated carbocycles. The molecule has 24 heavy (non-hydrogen) atoms. The van der Waals surface area contributed by atoms with Crippen LogP contribution in [0.4, 0.5) is 5.82 Å². The third-order valence-electron chi connectivity index (χ3n) is 3.49. The Bertz CT molecular complexity index is 474. The first-order valence-electron chi connectivity index (χ1n) is 8.68. The molecule has 0 radical (unpaired) electrons. The Kier molecular flexibility index (Phi) is 12.7. The van der Waals surface area contributed by atoms with Gasteiger partial charge in [0.1, 0.15) is 5.82 Å². The van der Waals surface area contributed by atoms with Gasteiger partial charge >= 0.3 is 0 Å². The van der Waals surface area contributed by atoms with Gasteiger partial charge in [0.05, 0.1) is 12.2 Å². The first-order chi connectivity index (χ1) is 11.0. The van der Waals surface area contributed by atoms with Gasteiger partial charge in [-0.1, -0.05) is 32.8 Å². The normalized spacial score (nSPS) is 11.2. The molecular weight excluding hydrogens is 413 g/mol. The highest BCUT2D eigenvalue weighted by Crippen LogP contribution is 2.08. The van der Waals surface area contributed by atoms with E-state index in [-0.39, 0.29) is 24.0 Å². The van der Waals surface area contributed by atoms with E-state index in [4.69, 9.17) is 0 Å². The first-order valence-corrected chi connectivity index (χ1v) is 8.68. The number of hydrogen-bond acceptors (Lipinski definition) is 3. The molecule has 0 atom stereocenters. The summed E-state index contributed by atoms with van der Waals surface area (Å²) in [6.45, 7) is 9.04. The van der Waals surface area contributed by atoms with Crippen LogP contribution < -0.4 is 15.5 Å². The van der Waals surface area contributed by atoms with Crippen molar-refractivity contribution in [2.45, 2.75) is 46.6 Å². The van der Waals surface area contributed by atoms with Crippen molar-refractivity contribution in [1.29, 1.82) is 0 Å². The second-order valence-corrected chi connectivity index (χ2v) is 6.39. The van der Waals surface area contributed by atoms with Crippen molar-refractivity contribution in [2.75, 3.05) is 32.1 Å². The fraction of sp³-hybridized carbons (Fsp3) is 0.667. The van der Waals surface area contributed by atoms with Crippen LogP contribution >= 0.6 is 24.0 Å². The van der Waals surface area contributed by atoms with E-state index in [1.54, 1.807) is 0 Å². The minimum absolute atomic E-state index is 0. The van der Waals surface area contributed by atoms with E-state index in [0.29, 0.717) is 6.54 Å². The van der Waals surface area contributed by atoms with Gasteiger partial charge < -0.3 is 15.5 Å². The van der Waals surface area contributed by atoms with Crippen molar-refractivity contribution >= 4 is 35.8 Å². The van der Waals surface area contributed by atoms with E-state index in [1.807, 2.05) is 37.2 Å². The van der Waals surface area contributed by atoms with E-state index in [0.717, 1.165) is 36.5 Å². The van der Waals surface area contributed by atoms with Crippen molar-refractivity contribution in [3.05, 3.63) is 23.9 Å². The van der Waals surface area contributed by atoms with Gasteiger partial charge in [-0.05, 0) is 31.4 Å². The number of unbranched alkanes of at least 4 members (excludes halogenated alkanes) is 1. The van der Waals surface area contributed by atoms with Crippen molar-refractivity contribution in [3.8, 4) is 0 Å². The number of guanidine groups is 1. The summed E-state index contributed by atoms with van der Waals surface area (Å²) < 4.78 is 0. The predicted octanol–water partition coefficient (Wildman–Crippen LogP) is 3.65. The number of aliphatic imine (C=N–C) groups is 1. The van der Waals surface area contributed by atoms with Gasteiger partial charge in [0.25, 0.3) is 0 Å². The molecule has 1 rings (SSSR count). The maximum atomic E-state index is 4.63. The molecule has 2 N–H and O–H groups in total. The van der Waals surface area contributed by atoms with Crippen LogP contribution in [0.2, 0.25) is 0 Å². The van der Waals surface area contributed by atoms with Gasteiger partial charge in [-0.2, -0.15) is 0 Å². The van der Waals surface area contributed by atoms with Crippen molar-refractivity contribution in [1.82, 2.24) is 15.6 Å². The lowest BCUT2D eigenvalue weighted by Gasteiger charge is -2.13. The molecule has 0 aromatic carbocycles. The van der Waals surface area contributed by atoms with E-state index in [9.17, 15) is 0 Å². The number of aromatic nitrogens is 1. The minimum Gasteiger partial charge on any atom is -0.363 e. The highest BCUT2D eigenvalue weighted by molar-refractivity contribution is 14.0. The summed E-state index contributed by atoms with van der Waals surface area (Å²) in [6.07, 6.45) is 3.73. The Morgan fingerprint density at radius 2 is 1.96 bits per heavy atom. The number of nitrogens with zero attached hydrogens (tertiary/aromatic N) is 3. The summed E-state index contributed by atoms with van der Waals surface area (Å²) >= 11 is 0. The lowest BCUT2D eigenvalue weighted by molar-refractivity contribution is 0.534. The van der Waals surface area contributed by atoms with Gasteiger partial charge in [-0.25, -0.2) is 9.98 Å². The molecule has 138 valence electrons. The van der Waals surface area contributed by atoms with E-state index >= 15 is 0 Å². The second kappa shape index (κ2) is 13.3. The van der Waals surface area contributed by atoms with Crippen molar-refractivity contribution in [2.24, 2.45) is 10.9 Å². The average molecular weight is 447 g/mol. The lowest BCUT2D eigenvalue weighted by atomic mass is 10.1. The van der Waals surface area contributed by atoms with Crippen LogP contribution in [-0.4, -0.2) is 38.1 Å². The summed E-state index contributed by atoms with van der Waals surface area (Å²) in [4.78, 5) is 11.2. The lowest BCUT2D eigenvalue weighted by Crippen LogP contribution is -2.37. The standard InChI is InChI=1S/C18H33N5.HI/c1-6-19-18(20-13-8-7-10-15(2)3)21-14-16-11-9-12-17(22-16)23(4)5;/h9,11-12,15H,6-8,10,13-14H2,1-5H3,(H2,19,20,21);1H. The van der Waals surface area contributed by atoms with Crippen LogP contribution in [0.3, 0.4) is 0 Å². The van der Waals surface area contributed by atoms with Crippen LogP contribution in [0.25, 0.3) is 0 Å². The molecule has 0 amide bonds. The summed E-state index contributed by atoms with van der Waals surface area (Å²) in [5.41, 5.74) is 0.980. The molecule has 0 bridgehead atoms. The number of pyridine rings is 1. The molecule has 0 aliphatic carbocycles. The topological polar surface area (TPSA) is 52.6 Å². The largest absolute Gasteiger partial charge is 0.363 e.